The summed E-state index contributed by atoms with van der Waals surface area (Å²) in [6.45, 7) is 12.0. The summed E-state index contributed by atoms with van der Waals surface area (Å²) < 4.78 is 0. The van der Waals surface area contributed by atoms with Crippen LogP contribution in [0.2, 0.25) is 0 Å². The van der Waals surface area contributed by atoms with Gasteiger partial charge >= 0.3 is 0 Å². The van der Waals surface area contributed by atoms with E-state index in [1.807, 2.05) is 0 Å². The van der Waals surface area contributed by atoms with E-state index in [4.69, 9.17) is 0 Å². The Labute approximate surface area is 190 Å². The van der Waals surface area contributed by atoms with Gasteiger partial charge in [0.2, 0.25) is 0 Å². The highest BCUT2D eigenvalue weighted by Crippen LogP contribution is 2.58. The normalized spacial score (nSPS) is 30.0. The number of nitrogens with zero attached hydrogens (tertiary/aromatic N) is 2. The van der Waals surface area contributed by atoms with Crippen LogP contribution in [0.15, 0.2) is 47.8 Å². The first kappa shape index (κ1) is 21.2. The lowest BCUT2D eigenvalue weighted by molar-refractivity contribution is -0.00715. The number of rotatable bonds is 3. The molecule has 0 bridgehead atoms. The fourth-order valence-corrected chi connectivity index (χ4v) is 7.52. The van der Waals surface area contributed by atoms with Crippen molar-refractivity contribution < 1.29 is 0 Å². The Balaban J connectivity index is 1.67. The lowest BCUT2D eigenvalue weighted by Gasteiger charge is -2.55. The Morgan fingerprint density at radius 2 is 1.42 bits per heavy atom. The van der Waals surface area contributed by atoms with Crippen LogP contribution >= 0.6 is 0 Å². The molecule has 31 heavy (non-hydrogen) atoms. The van der Waals surface area contributed by atoms with E-state index in [1.54, 1.807) is 0 Å². The average Bonchev–Trinajstić information content (AvgIpc) is 3.46. The molecule has 2 aliphatic carbocycles. The Morgan fingerprint density at radius 3 is 2.00 bits per heavy atom. The molecule has 1 aromatic carbocycles. The van der Waals surface area contributed by atoms with Gasteiger partial charge in [-0.15, -0.1) is 0 Å². The van der Waals surface area contributed by atoms with Gasteiger partial charge in [0, 0.05) is 16.8 Å². The predicted molar refractivity (Wildman–Crippen MR) is 132 cm³/mol. The standard InChI is InChI=1S/C29H42N2/c1-21-13-9-12-18-25(21)30-22(2)26-19-20-29(24-16-10-11-17-24,23-14-7-6-8-15-23)31(26)27(30)28(3,4)5/h9,12-13,18-20,23-24,27H,6-8,10-11,14-17H2,1-5H3. The summed E-state index contributed by atoms with van der Waals surface area (Å²) >= 11 is 0. The Bertz CT molecular complexity index is 876. The molecule has 2 nitrogen and oxygen atoms in total. The largest absolute Gasteiger partial charge is 0.339 e. The van der Waals surface area contributed by atoms with E-state index in [-0.39, 0.29) is 11.0 Å². The van der Waals surface area contributed by atoms with Gasteiger partial charge in [0.25, 0.3) is 0 Å². The fourth-order valence-electron chi connectivity index (χ4n) is 7.52. The van der Waals surface area contributed by atoms with Crippen LogP contribution in [0.4, 0.5) is 5.69 Å². The number of anilines is 1. The minimum Gasteiger partial charge on any atom is -0.339 e. The highest BCUT2D eigenvalue weighted by Gasteiger charge is 2.59. The van der Waals surface area contributed by atoms with Crippen molar-refractivity contribution in [2.24, 2.45) is 17.3 Å². The second kappa shape index (κ2) is 7.71. The van der Waals surface area contributed by atoms with Crippen molar-refractivity contribution in [1.82, 2.24) is 4.90 Å². The van der Waals surface area contributed by atoms with E-state index in [1.165, 1.54) is 80.4 Å². The number of fused-ring (bicyclic) bond motifs is 1. The maximum atomic E-state index is 2.96. The molecule has 0 radical (unpaired) electrons. The SMILES string of the molecule is CC1=C2C=CC(C3CCCCC3)(C3CCCC3)N2C(C(C)(C)C)N1c1ccccc1C. The van der Waals surface area contributed by atoms with Crippen LogP contribution in [-0.2, 0) is 0 Å². The molecule has 0 amide bonds. The second-order valence-electron chi connectivity index (χ2n) is 11.8. The van der Waals surface area contributed by atoms with Gasteiger partial charge in [-0.3, -0.25) is 0 Å². The minimum absolute atomic E-state index is 0.149. The highest BCUT2D eigenvalue weighted by molar-refractivity contribution is 5.63. The van der Waals surface area contributed by atoms with E-state index >= 15 is 0 Å². The van der Waals surface area contributed by atoms with Crippen molar-refractivity contribution in [3.8, 4) is 0 Å². The molecule has 5 rings (SSSR count). The summed E-state index contributed by atoms with van der Waals surface area (Å²) in [6.07, 6.45) is 18.3. The van der Waals surface area contributed by atoms with Crippen molar-refractivity contribution in [1.29, 1.82) is 0 Å². The van der Waals surface area contributed by atoms with E-state index in [0.29, 0.717) is 6.17 Å². The van der Waals surface area contributed by atoms with Gasteiger partial charge in [-0.2, -0.15) is 0 Å². The molecule has 2 saturated carbocycles. The van der Waals surface area contributed by atoms with Crippen LogP contribution in [0.5, 0.6) is 0 Å². The predicted octanol–water partition coefficient (Wildman–Crippen LogP) is 7.80. The first-order chi connectivity index (χ1) is 14.9. The quantitative estimate of drug-likeness (QED) is 0.494. The monoisotopic (exact) mass is 418 g/mol. The minimum atomic E-state index is 0.149. The summed E-state index contributed by atoms with van der Waals surface area (Å²) in [5, 5.41) is 0. The molecule has 1 aromatic rings. The Morgan fingerprint density at radius 1 is 0.839 bits per heavy atom. The zero-order chi connectivity index (χ0) is 21.8. The third-order valence-electron chi connectivity index (χ3n) is 8.82. The van der Waals surface area contributed by atoms with Crippen molar-refractivity contribution in [2.75, 3.05) is 4.90 Å². The lowest BCUT2D eigenvalue weighted by atomic mass is 9.66. The molecule has 168 valence electrons. The molecule has 2 heteroatoms. The third-order valence-corrected chi connectivity index (χ3v) is 8.82. The number of benzene rings is 1. The van der Waals surface area contributed by atoms with Gasteiger partial charge in [-0.05, 0) is 69.1 Å². The van der Waals surface area contributed by atoms with E-state index in [9.17, 15) is 0 Å². The zero-order valence-electron chi connectivity index (χ0n) is 20.5. The molecule has 2 atom stereocenters. The third kappa shape index (κ3) is 3.19. The Kier molecular flexibility index (Phi) is 5.26. The molecule has 2 heterocycles. The summed E-state index contributed by atoms with van der Waals surface area (Å²) in [7, 11) is 0. The van der Waals surface area contributed by atoms with Crippen molar-refractivity contribution in [3.63, 3.8) is 0 Å². The van der Waals surface area contributed by atoms with Crippen molar-refractivity contribution in [3.05, 3.63) is 53.4 Å². The molecule has 2 aliphatic heterocycles. The molecule has 0 N–H and O–H groups in total. The molecule has 2 unspecified atom stereocenters. The number of allylic oxidation sites excluding steroid dienone is 2. The van der Waals surface area contributed by atoms with E-state index in [2.05, 4.69) is 80.8 Å². The van der Waals surface area contributed by atoms with Crippen LogP contribution in [0, 0.1) is 24.2 Å². The van der Waals surface area contributed by atoms with Crippen molar-refractivity contribution in [2.45, 2.75) is 104 Å². The zero-order valence-corrected chi connectivity index (χ0v) is 20.5. The van der Waals surface area contributed by atoms with E-state index in [0.717, 1.165) is 11.8 Å². The van der Waals surface area contributed by atoms with Crippen molar-refractivity contribution >= 4 is 5.69 Å². The average molecular weight is 419 g/mol. The van der Waals surface area contributed by atoms with Gasteiger partial charge in [0.1, 0.15) is 6.17 Å². The van der Waals surface area contributed by atoms with Crippen LogP contribution in [0.25, 0.3) is 0 Å². The first-order valence-electron chi connectivity index (χ1n) is 12.9. The molecule has 4 aliphatic rings. The van der Waals surface area contributed by atoms with Gasteiger partial charge in [-0.1, -0.05) is 77.2 Å². The maximum absolute atomic E-state index is 2.96. The second-order valence-corrected chi connectivity index (χ2v) is 11.8. The number of para-hydroxylation sites is 1. The fraction of sp³-hybridized carbons (Fsp3) is 0.655. The molecule has 0 saturated heterocycles. The van der Waals surface area contributed by atoms with Gasteiger partial charge < -0.3 is 9.80 Å². The first-order valence-corrected chi connectivity index (χ1v) is 12.9. The smallest absolute Gasteiger partial charge is 0.112 e. The van der Waals surface area contributed by atoms with Crippen LogP contribution < -0.4 is 4.90 Å². The van der Waals surface area contributed by atoms with Gasteiger partial charge in [0.05, 0.1) is 11.2 Å². The summed E-state index contributed by atoms with van der Waals surface area (Å²) in [5.74, 6) is 1.60. The molecular formula is C29H42N2. The molecule has 0 spiro atoms. The molecule has 0 aromatic heterocycles. The van der Waals surface area contributed by atoms with Crippen LogP contribution in [-0.4, -0.2) is 16.6 Å². The summed E-state index contributed by atoms with van der Waals surface area (Å²) in [5.41, 5.74) is 6.07. The molecular weight excluding hydrogens is 376 g/mol. The van der Waals surface area contributed by atoms with Crippen LogP contribution in [0.1, 0.15) is 91.0 Å². The van der Waals surface area contributed by atoms with E-state index < -0.39 is 0 Å². The number of hydrogen-bond acceptors (Lipinski definition) is 2. The lowest BCUT2D eigenvalue weighted by Crippen LogP contribution is -2.62. The van der Waals surface area contributed by atoms with Gasteiger partial charge in [0.15, 0.2) is 0 Å². The summed E-state index contributed by atoms with van der Waals surface area (Å²) in [4.78, 5) is 5.65. The summed E-state index contributed by atoms with van der Waals surface area (Å²) in [6, 6.07) is 9.00. The topological polar surface area (TPSA) is 6.48 Å². The molecule has 2 fully saturated rings. The maximum Gasteiger partial charge on any atom is 0.112 e. The number of aryl methyl sites for hydroxylation is 1. The van der Waals surface area contributed by atoms with Crippen LogP contribution in [0.3, 0.4) is 0 Å². The number of hydrogen-bond donors (Lipinski definition) is 0. The Hall–Kier alpha value is -1.70. The highest BCUT2D eigenvalue weighted by atomic mass is 15.5. The van der Waals surface area contributed by atoms with Gasteiger partial charge in [-0.25, -0.2) is 0 Å².